The van der Waals surface area contributed by atoms with Gasteiger partial charge in [0.05, 0.1) is 5.52 Å². The molecule has 0 aliphatic heterocycles. The van der Waals surface area contributed by atoms with Crippen LogP contribution in [0.5, 0.6) is 0 Å². The van der Waals surface area contributed by atoms with Crippen molar-refractivity contribution in [3.63, 3.8) is 0 Å². The van der Waals surface area contributed by atoms with E-state index in [2.05, 4.69) is 36.2 Å². The maximum absolute atomic E-state index is 12.5. The largest absolute Gasteiger partial charge is 0.355 e. The Labute approximate surface area is 172 Å². The molecule has 150 valence electrons. The minimum absolute atomic E-state index is 0.0192. The maximum Gasteiger partial charge on any atom is 0.226 e. The zero-order chi connectivity index (χ0) is 20.2. The van der Waals surface area contributed by atoms with E-state index >= 15 is 0 Å². The smallest absolute Gasteiger partial charge is 0.226 e. The number of amides is 1. The van der Waals surface area contributed by atoms with Crippen LogP contribution >= 0.6 is 0 Å². The van der Waals surface area contributed by atoms with Gasteiger partial charge in [0, 0.05) is 36.5 Å². The summed E-state index contributed by atoms with van der Waals surface area (Å²) >= 11 is 0. The number of rotatable bonds is 8. The molecule has 0 atom stereocenters. The fourth-order valence-electron chi connectivity index (χ4n) is 3.55. The van der Waals surface area contributed by atoms with E-state index < -0.39 is 0 Å². The molecule has 1 aliphatic carbocycles. The van der Waals surface area contributed by atoms with Crippen LogP contribution in [-0.4, -0.2) is 29.0 Å². The van der Waals surface area contributed by atoms with Gasteiger partial charge in [0.2, 0.25) is 5.91 Å². The van der Waals surface area contributed by atoms with Crippen molar-refractivity contribution < 1.29 is 4.79 Å². The first-order valence-corrected chi connectivity index (χ1v) is 10.5. The van der Waals surface area contributed by atoms with Crippen molar-refractivity contribution in [3.05, 3.63) is 60.4 Å². The molecule has 5 heteroatoms. The predicted molar refractivity (Wildman–Crippen MR) is 118 cm³/mol. The molecule has 3 aromatic rings. The van der Waals surface area contributed by atoms with Crippen molar-refractivity contribution in [2.24, 2.45) is 5.92 Å². The number of carbonyl (C=O) groups excluding carboxylic acids is 1. The van der Waals surface area contributed by atoms with E-state index in [1.54, 1.807) is 0 Å². The highest BCUT2D eigenvalue weighted by Crippen LogP contribution is 2.40. The molecule has 1 fully saturated rings. The van der Waals surface area contributed by atoms with Crippen molar-refractivity contribution >= 4 is 28.3 Å². The third-order valence-corrected chi connectivity index (χ3v) is 5.09. The third kappa shape index (κ3) is 4.91. The average molecular weight is 389 g/mol. The second kappa shape index (κ2) is 8.60. The number of aromatic nitrogens is 2. The van der Waals surface area contributed by atoms with Crippen LogP contribution < -0.4 is 10.2 Å². The van der Waals surface area contributed by atoms with Gasteiger partial charge < -0.3 is 10.2 Å². The highest BCUT2D eigenvalue weighted by molar-refractivity contribution is 5.92. The monoisotopic (exact) mass is 388 g/mol. The molecule has 29 heavy (non-hydrogen) atoms. The van der Waals surface area contributed by atoms with Crippen LogP contribution in [-0.2, 0) is 4.79 Å². The fourth-order valence-corrected chi connectivity index (χ4v) is 3.55. The van der Waals surface area contributed by atoms with E-state index in [-0.39, 0.29) is 5.91 Å². The molecule has 1 amide bonds. The van der Waals surface area contributed by atoms with Crippen LogP contribution in [0.25, 0.3) is 10.9 Å². The number of nitrogens with zero attached hydrogens (tertiary/aromatic N) is 3. The molecule has 1 N–H and O–H groups in total. The molecule has 1 aromatic heterocycles. The number of nitrogens with one attached hydrogen (secondary N) is 1. The Morgan fingerprint density at radius 2 is 1.79 bits per heavy atom. The molecule has 1 aliphatic rings. The molecule has 1 heterocycles. The number of benzene rings is 2. The van der Waals surface area contributed by atoms with Gasteiger partial charge in [-0.25, -0.2) is 9.97 Å². The normalized spacial score (nSPS) is 13.6. The van der Waals surface area contributed by atoms with Crippen LogP contribution in [0.2, 0.25) is 0 Å². The van der Waals surface area contributed by atoms with Crippen LogP contribution in [0.15, 0.2) is 54.6 Å². The standard InChI is InChI=1S/C24H28N4O/c1-17(2)16-28(15-14-22(29)25-19-8-4-3-5-9-19)24-20-10-6-7-11-21(20)26-23(27-24)18-12-13-18/h3-11,17-18H,12-16H2,1-2H3,(H,25,29). The van der Waals surface area contributed by atoms with Crippen molar-refractivity contribution in [2.75, 3.05) is 23.3 Å². The zero-order valence-corrected chi connectivity index (χ0v) is 17.1. The minimum Gasteiger partial charge on any atom is -0.355 e. The Morgan fingerprint density at radius 1 is 1.07 bits per heavy atom. The zero-order valence-electron chi connectivity index (χ0n) is 17.1. The fraction of sp³-hybridized carbons (Fsp3) is 0.375. The van der Waals surface area contributed by atoms with Gasteiger partial charge in [0.1, 0.15) is 11.6 Å². The average Bonchev–Trinajstić information content (AvgIpc) is 3.56. The first-order chi connectivity index (χ1) is 14.1. The summed E-state index contributed by atoms with van der Waals surface area (Å²) in [4.78, 5) is 24.5. The van der Waals surface area contributed by atoms with Gasteiger partial charge in [-0.15, -0.1) is 0 Å². The second-order valence-corrected chi connectivity index (χ2v) is 8.20. The molecule has 0 bridgehead atoms. The Kier molecular flexibility index (Phi) is 5.74. The highest BCUT2D eigenvalue weighted by Gasteiger charge is 2.28. The van der Waals surface area contributed by atoms with Gasteiger partial charge >= 0.3 is 0 Å². The van der Waals surface area contributed by atoms with E-state index in [9.17, 15) is 4.79 Å². The highest BCUT2D eigenvalue weighted by atomic mass is 16.1. The van der Waals surface area contributed by atoms with Gasteiger partial charge in [-0.1, -0.05) is 44.2 Å². The SMILES string of the molecule is CC(C)CN(CCC(=O)Nc1ccccc1)c1nc(C2CC2)nc2ccccc12. The first kappa shape index (κ1) is 19.4. The van der Waals surface area contributed by atoms with Crippen molar-refractivity contribution in [3.8, 4) is 0 Å². The molecule has 4 rings (SSSR count). The Hall–Kier alpha value is -2.95. The van der Waals surface area contributed by atoms with E-state index in [4.69, 9.17) is 9.97 Å². The van der Waals surface area contributed by atoms with Crippen LogP contribution in [0.4, 0.5) is 11.5 Å². The van der Waals surface area contributed by atoms with Crippen molar-refractivity contribution in [2.45, 2.75) is 39.0 Å². The predicted octanol–water partition coefficient (Wildman–Crippen LogP) is 5.00. The summed E-state index contributed by atoms with van der Waals surface area (Å²) in [5, 5.41) is 4.04. The lowest BCUT2D eigenvalue weighted by molar-refractivity contribution is -0.116. The second-order valence-electron chi connectivity index (χ2n) is 8.20. The molecular weight excluding hydrogens is 360 g/mol. The molecule has 5 nitrogen and oxygen atoms in total. The Balaban J connectivity index is 1.57. The summed E-state index contributed by atoms with van der Waals surface area (Å²) in [5.41, 5.74) is 1.82. The van der Waals surface area contributed by atoms with Crippen molar-refractivity contribution in [1.82, 2.24) is 9.97 Å². The lowest BCUT2D eigenvalue weighted by Crippen LogP contribution is -2.32. The van der Waals surface area contributed by atoms with Crippen LogP contribution in [0.3, 0.4) is 0 Å². The number of hydrogen-bond donors (Lipinski definition) is 1. The summed E-state index contributed by atoms with van der Waals surface area (Å²) in [6, 6.07) is 17.8. The van der Waals surface area contributed by atoms with E-state index in [1.165, 1.54) is 12.8 Å². The molecular formula is C24H28N4O. The van der Waals surface area contributed by atoms with Crippen molar-refractivity contribution in [1.29, 1.82) is 0 Å². The van der Waals surface area contributed by atoms with Gasteiger partial charge in [-0.3, -0.25) is 4.79 Å². The summed E-state index contributed by atoms with van der Waals surface area (Å²) in [6.45, 7) is 5.87. The summed E-state index contributed by atoms with van der Waals surface area (Å²) in [5.74, 6) is 2.87. The van der Waals surface area contributed by atoms with E-state index in [0.717, 1.165) is 34.8 Å². The van der Waals surface area contributed by atoms with E-state index in [1.807, 2.05) is 42.5 Å². The number of carbonyl (C=O) groups is 1. The molecule has 0 saturated heterocycles. The number of hydrogen-bond acceptors (Lipinski definition) is 4. The topological polar surface area (TPSA) is 58.1 Å². The molecule has 0 unspecified atom stereocenters. The van der Waals surface area contributed by atoms with Gasteiger partial charge in [-0.2, -0.15) is 0 Å². The van der Waals surface area contributed by atoms with Gasteiger partial charge in [0.15, 0.2) is 0 Å². The molecule has 1 saturated carbocycles. The first-order valence-electron chi connectivity index (χ1n) is 10.5. The number of para-hydroxylation sites is 2. The Morgan fingerprint density at radius 3 is 2.52 bits per heavy atom. The summed E-state index contributed by atoms with van der Waals surface area (Å²) < 4.78 is 0. The van der Waals surface area contributed by atoms with E-state index in [0.29, 0.717) is 24.8 Å². The quantitative estimate of drug-likeness (QED) is 0.590. The minimum atomic E-state index is 0.0192. The Bertz CT molecular complexity index is 983. The lowest BCUT2D eigenvalue weighted by Gasteiger charge is -2.27. The summed E-state index contributed by atoms with van der Waals surface area (Å²) in [7, 11) is 0. The van der Waals surface area contributed by atoms with Gasteiger partial charge in [0.25, 0.3) is 0 Å². The number of fused-ring (bicyclic) bond motifs is 1. The molecule has 2 aromatic carbocycles. The molecule has 0 radical (unpaired) electrons. The van der Waals surface area contributed by atoms with Crippen LogP contribution in [0.1, 0.15) is 44.9 Å². The lowest BCUT2D eigenvalue weighted by atomic mass is 10.1. The molecule has 0 spiro atoms. The maximum atomic E-state index is 12.5. The van der Waals surface area contributed by atoms with Gasteiger partial charge in [-0.05, 0) is 43.0 Å². The van der Waals surface area contributed by atoms with Crippen LogP contribution in [0, 0.1) is 5.92 Å². The number of anilines is 2. The summed E-state index contributed by atoms with van der Waals surface area (Å²) in [6.07, 6.45) is 2.75. The third-order valence-electron chi connectivity index (χ3n) is 5.09.